The van der Waals surface area contributed by atoms with E-state index in [2.05, 4.69) is 21.2 Å². The molecule has 0 bridgehead atoms. The van der Waals surface area contributed by atoms with Crippen LogP contribution in [0.15, 0.2) is 57.9 Å². The number of anilines is 1. The van der Waals surface area contributed by atoms with Crippen molar-refractivity contribution >= 4 is 39.3 Å². The van der Waals surface area contributed by atoms with Crippen molar-refractivity contribution in [3.63, 3.8) is 0 Å². The first-order valence-corrected chi connectivity index (χ1v) is 7.99. The number of thioether (sulfide) groups is 1. The highest BCUT2D eigenvalue weighted by molar-refractivity contribution is 9.10. The summed E-state index contributed by atoms with van der Waals surface area (Å²) in [5.74, 6) is -1.39. The Labute approximate surface area is 138 Å². The number of rotatable bonds is 4. The van der Waals surface area contributed by atoms with E-state index in [-0.39, 0.29) is 5.91 Å². The lowest BCUT2D eigenvalue weighted by molar-refractivity contribution is -0.105. The molecule has 0 radical (unpaired) electrons. The van der Waals surface area contributed by atoms with Crippen LogP contribution >= 0.6 is 27.7 Å². The number of hydrogen-bond donors (Lipinski definition) is 1. The smallest absolute Gasteiger partial charge is 0.321 e. The van der Waals surface area contributed by atoms with Gasteiger partial charge in [-0.25, -0.2) is 0 Å². The van der Waals surface area contributed by atoms with E-state index < -0.39 is 11.9 Å². The first-order chi connectivity index (χ1) is 10.4. The molecule has 0 fully saturated rings. The summed E-state index contributed by atoms with van der Waals surface area (Å²) in [4.78, 5) is 12.6. The topological polar surface area (TPSA) is 29.1 Å². The van der Waals surface area contributed by atoms with Gasteiger partial charge in [-0.15, -0.1) is 11.8 Å². The minimum Gasteiger partial charge on any atom is -0.321 e. The molecular formula is C15H11BrF3NOS. The van der Waals surface area contributed by atoms with Gasteiger partial charge in [0, 0.05) is 9.37 Å². The summed E-state index contributed by atoms with van der Waals surface area (Å²) in [5, 5.41) is 2.65. The van der Waals surface area contributed by atoms with Gasteiger partial charge in [0.1, 0.15) is 0 Å². The minimum atomic E-state index is -4.26. The van der Waals surface area contributed by atoms with Gasteiger partial charge in [-0.3, -0.25) is 4.79 Å². The van der Waals surface area contributed by atoms with Crippen molar-refractivity contribution < 1.29 is 18.0 Å². The van der Waals surface area contributed by atoms with Crippen LogP contribution in [0.2, 0.25) is 0 Å². The molecule has 0 saturated heterocycles. The Morgan fingerprint density at radius 2 is 1.73 bits per heavy atom. The molecule has 0 aliphatic carbocycles. The Bertz CT molecular complexity index is 676. The number of halogens is 4. The van der Waals surface area contributed by atoms with E-state index >= 15 is 0 Å². The van der Waals surface area contributed by atoms with Gasteiger partial charge in [0.15, 0.2) is 0 Å². The Hall–Kier alpha value is -1.47. The number of para-hydroxylation sites is 1. The van der Waals surface area contributed by atoms with Crippen molar-refractivity contribution in [2.45, 2.75) is 11.1 Å². The second kappa shape index (κ2) is 7.19. The molecule has 0 unspecified atom stereocenters. The Kier molecular flexibility index (Phi) is 5.52. The Morgan fingerprint density at radius 1 is 1.09 bits per heavy atom. The Morgan fingerprint density at radius 3 is 2.41 bits per heavy atom. The highest BCUT2D eigenvalue weighted by atomic mass is 79.9. The van der Waals surface area contributed by atoms with Crippen LogP contribution < -0.4 is 5.32 Å². The lowest BCUT2D eigenvalue weighted by Gasteiger charge is -2.12. The van der Waals surface area contributed by atoms with Crippen LogP contribution in [-0.2, 0) is 0 Å². The summed E-state index contributed by atoms with van der Waals surface area (Å²) in [5.41, 5.74) is 0.774. The van der Waals surface area contributed by atoms with E-state index in [1.54, 1.807) is 48.5 Å². The molecule has 1 amide bonds. The van der Waals surface area contributed by atoms with E-state index in [9.17, 15) is 18.0 Å². The third-order valence-corrected chi connectivity index (χ3v) is 4.48. The van der Waals surface area contributed by atoms with E-state index in [1.165, 1.54) is 0 Å². The first kappa shape index (κ1) is 16.9. The van der Waals surface area contributed by atoms with Gasteiger partial charge in [0.25, 0.3) is 5.91 Å². The molecule has 2 nitrogen and oxygen atoms in total. The van der Waals surface area contributed by atoms with Crippen molar-refractivity contribution in [1.29, 1.82) is 0 Å². The molecule has 0 aromatic heterocycles. The van der Waals surface area contributed by atoms with Crippen LogP contribution in [0, 0.1) is 0 Å². The quantitative estimate of drug-likeness (QED) is 0.713. The third-order valence-electron chi connectivity index (χ3n) is 2.65. The van der Waals surface area contributed by atoms with E-state index in [1.807, 2.05) is 0 Å². The van der Waals surface area contributed by atoms with Crippen LogP contribution in [-0.4, -0.2) is 17.8 Å². The molecule has 2 aromatic carbocycles. The molecule has 0 heterocycles. The molecule has 0 spiro atoms. The fraction of sp³-hybridized carbons (Fsp3) is 0.133. The molecule has 0 atom stereocenters. The number of alkyl halides is 3. The lowest BCUT2D eigenvalue weighted by atomic mass is 10.2. The number of benzene rings is 2. The molecule has 0 aliphatic heterocycles. The zero-order valence-corrected chi connectivity index (χ0v) is 13.6. The zero-order chi connectivity index (χ0) is 16.2. The second-order valence-corrected chi connectivity index (χ2v) is 6.21. The second-order valence-electron chi connectivity index (χ2n) is 4.33. The van der Waals surface area contributed by atoms with Crippen LogP contribution in [0.1, 0.15) is 10.4 Å². The van der Waals surface area contributed by atoms with Crippen LogP contribution in [0.25, 0.3) is 0 Å². The van der Waals surface area contributed by atoms with Gasteiger partial charge in [0.05, 0.1) is 17.0 Å². The number of amides is 1. The summed E-state index contributed by atoms with van der Waals surface area (Å²) < 4.78 is 37.6. The number of carbonyl (C=O) groups excluding carboxylic acids is 1. The molecule has 116 valence electrons. The van der Waals surface area contributed by atoms with E-state index in [0.717, 1.165) is 0 Å². The highest BCUT2D eigenvalue weighted by Crippen LogP contribution is 2.32. The molecular weight excluding hydrogens is 379 g/mol. The highest BCUT2D eigenvalue weighted by Gasteiger charge is 2.27. The summed E-state index contributed by atoms with van der Waals surface area (Å²) in [6.45, 7) is 0. The molecule has 2 aromatic rings. The van der Waals surface area contributed by atoms with E-state index in [4.69, 9.17) is 0 Å². The fourth-order valence-electron chi connectivity index (χ4n) is 1.69. The molecule has 1 N–H and O–H groups in total. The van der Waals surface area contributed by atoms with Crippen molar-refractivity contribution in [2.75, 3.05) is 11.1 Å². The first-order valence-electron chi connectivity index (χ1n) is 6.21. The predicted molar refractivity (Wildman–Crippen MR) is 85.3 cm³/mol. The Balaban J connectivity index is 2.16. The SMILES string of the molecule is O=C(Nc1ccccc1SCC(F)(F)F)c1ccccc1Br. The maximum absolute atomic E-state index is 12.3. The van der Waals surface area contributed by atoms with Gasteiger partial charge in [0.2, 0.25) is 0 Å². The fourth-order valence-corrected chi connectivity index (χ4v) is 2.92. The largest absolute Gasteiger partial charge is 0.398 e. The van der Waals surface area contributed by atoms with Crippen molar-refractivity contribution in [1.82, 2.24) is 0 Å². The van der Waals surface area contributed by atoms with Crippen LogP contribution in [0.4, 0.5) is 18.9 Å². The molecule has 22 heavy (non-hydrogen) atoms. The van der Waals surface area contributed by atoms with Gasteiger partial charge >= 0.3 is 6.18 Å². The van der Waals surface area contributed by atoms with Gasteiger partial charge in [-0.1, -0.05) is 24.3 Å². The van der Waals surface area contributed by atoms with E-state index in [0.29, 0.717) is 32.4 Å². The average Bonchev–Trinajstić information content (AvgIpc) is 2.46. The van der Waals surface area contributed by atoms with Crippen LogP contribution in [0.5, 0.6) is 0 Å². The summed E-state index contributed by atoms with van der Waals surface area (Å²) in [7, 11) is 0. The standard InChI is InChI=1S/C15H11BrF3NOS/c16-11-6-2-1-5-10(11)14(21)20-12-7-3-4-8-13(12)22-9-15(17,18)19/h1-8H,9H2,(H,20,21). The summed E-state index contributed by atoms with van der Waals surface area (Å²) in [6.07, 6.45) is -4.26. The zero-order valence-electron chi connectivity index (χ0n) is 11.2. The van der Waals surface area contributed by atoms with Crippen molar-refractivity contribution in [3.05, 3.63) is 58.6 Å². The number of hydrogen-bond acceptors (Lipinski definition) is 2. The predicted octanol–water partition coefficient (Wildman–Crippen LogP) is 5.36. The van der Waals surface area contributed by atoms with Crippen molar-refractivity contribution in [2.24, 2.45) is 0 Å². The minimum absolute atomic E-state index is 0.359. The molecule has 0 aliphatic rings. The summed E-state index contributed by atoms with van der Waals surface area (Å²) in [6, 6.07) is 13.3. The normalized spacial score (nSPS) is 11.3. The maximum atomic E-state index is 12.3. The molecule has 7 heteroatoms. The van der Waals surface area contributed by atoms with Crippen LogP contribution in [0.3, 0.4) is 0 Å². The third kappa shape index (κ3) is 4.78. The molecule has 2 rings (SSSR count). The average molecular weight is 390 g/mol. The number of nitrogens with one attached hydrogen (secondary N) is 1. The van der Waals surface area contributed by atoms with Crippen molar-refractivity contribution in [3.8, 4) is 0 Å². The van der Waals surface area contributed by atoms with Gasteiger partial charge in [-0.05, 0) is 40.2 Å². The summed E-state index contributed by atoms with van der Waals surface area (Å²) >= 11 is 3.91. The number of carbonyl (C=O) groups is 1. The monoisotopic (exact) mass is 389 g/mol. The van der Waals surface area contributed by atoms with Gasteiger partial charge < -0.3 is 5.32 Å². The maximum Gasteiger partial charge on any atom is 0.398 e. The lowest BCUT2D eigenvalue weighted by Crippen LogP contribution is -2.14. The molecule has 0 saturated carbocycles. The van der Waals surface area contributed by atoms with Gasteiger partial charge in [-0.2, -0.15) is 13.2 Å².